The van der Waals surface area contributed by atoms with Crippen molar-refractivity contribution >= 4 is 49.0 Å². The molecule has 1 aromatic carbocycles. The van der Waals surface area contributed by atoms with Crippen molar-refractivity contribution in [3.05, 3.63) is 28.6 Å². The third-order valence-corrected chi connectivity index (χ3v) is 5.55. The lowest BCUT2D eigenvalue weighted by atomic mass is 10.3. The monoisotopic (exact) mass is 378 g/mol. The standard InChI is InChI=1S/C17H18N2O4S2/c1-5-23-16(20)15-9(2)6-13(25-15)18-17-19-14-11(22-4)7-10(21-3)8-12(14)24-17/h6-8H,5H2,1-4H3,(H,18,19). The van der Waals surface area contributed by atoms with Crippen LogP contribution in [0.4, 0.5) is 10.1 Å². The number of carbonyl (C=O) groups is 1. The summed E-state index contributed by atoms with van der Waals surface area (Å²) in [5, 5.41) is 4.82. The Balaban J connectivity index is 1.91. The number of benzene rings is 1. The van der Waals surface area contributed by atoms with Gasteiger partial charge in [0, 0.05) is 6.07 Å². The average Bonchev–Trinajstić information content (AvgIpc) is 3.16. The van der Waals surface area contributed by atoms with Crippen LogP contribution in [0.25, 0.3) is 10.2 Å². The van der Waals surface area contributed by atoms with Gasteiger partial charge in [-0.1, -0.05) is 11.3 Å². The molecule has 25 heavy (non-hydrogen) atoms. The molecule has 1 N–H and O–H groups in total. The van der Waals surface area contributed by atoms with Gasteiger partial charge in [0.2, 0.25) is 0 Å². The largest absolute Gasteiger partial charge is 0.497 e. The highest BCUT2D eigenvalue weighted by atomic mass is 32.1. The lowest BCUT2D eigenvalue weighted by Crippen LogP contribution is -2.03. The zero-order valence-electron chi connectivity index (χ0n) is 14.3. The minimum atomic E-state index is -0.297. The van der Waals surface area contributed by atoms with E-state index in [-0.39, 0.29) is 5.97 Å². The van der Waals surface area contributed by atoms with Crippen molar-refractivity contribution in [3.63, 3.8) is 0 Å². The number of nitrogens with zero attached hydrogens (tertiary/aromatic N) is 1. The number of aromatic nitrogens is 1. The molecule has 0 saturated carbocycles. The van der Waals surface area contributed by atoms with Crippen LogP contribution >= 0.6 is 22.7 Å². The Bertz CT molecular complexity index is 917. The molecule has 0 radical (unpaired) electrons. The summed E-state index contributed by atoms with van der Waals surface area (Å²) in [4.78, 5) is 17.1. The molecule has 0 aliphatic heterocycles. The predicted molar refractivity (Wildman–Crippen MR) is 101 cm³/mol. The summed E-state index contributed by atoms with van der Waals surface area (Å²) in [6.07, 6.45) is 0. The maximum absolute atomic E-state index is 11.9. The molecule has 3 aromatic rings. The highest BCUT2D eigenvalue weighted by Crippen LogP contribution is 2.38. The molecule has 132 valence electrons. The lowest BCUT2D eigenvalue weighted by molar-refractivity contribution is 0.0531. The fourth-order valence-electron chi connectivity index (χ4n) is 2.35. The molecule has 0 bridgehead atoms. The van der Waals surface area contributed by atoms with E-state index in [2.05, 4.69) is 10.3 Å². The Hall–Kier alpha value is -2.32. The zero-order chi connectivity index (χ0) is 18.0. The van der Waals surface area contributed by atoms with Crippen molar-refractivity contribution in [1.82, 2.24) is 4.98 Å². The number of hydrogen-bond acceptors (Lipinski definition) is 8. The second-order valence-electron chi connectivity index (χ2n) is 5.16. The molecule has 0 amide bonds. The van der Waals surface area contributed by atoms with E-state index in [0.29, 0.717) is 17.2 Å². The third kappa shape index (κ3) is 3.54. The molecule has 0 saturated heterocycles. The number of ether oxygens (including phenoxy) is 3. The number of fused-ring (bicyclic) bond motifs is 1. The summed E-state index contributed by atoms with van der Waals surface area (Å²) in [6.45, 7) is 4.04. The van der Waals surface area contributed by atoms with Gasteiger partial charge in [-0.3, -0.25) is 0 Å². The van der Waals surface area contributed by atoms with E-state index in [1.165, 1.54) is 22.7 Å². The highest BCUT2D eigenvalue weighted by molar-refractivity contribution is 7.23. The first kappa shape index (κ1) is 17.5. The number of nitrogens with one attached hydrogen (secondary N) is 1. The van der Waals surface area contributed by atoms with Gasteiger partial charge in [-0.25, -0.2) is 9.78 Å². The Kier molecular flexibility index (Phi) is 5.10. The summed E-state index contributed by atoms with van der Waals surface area (Å²) in [5.74, 6) is 1.08. The van der Waals surface area contributed by atoms with Crippen molar-refractivity contribution < 1.29 is 19.0 Å². The molecular weight excluding hydrogens is 360 g/mol. The van der Waals surface area contributed by atoms with Gasteiger partial charge in [0.25, 0.3) is 0 Å². The predicted octanol–water partition coefficient (Wildman–Crippen LogP) is 4.60. The normalized spacial score (nSPS) is 10.7. The number of esters is 1. The number of carbonyl (C=O) groups excluding carboxylic acids is 1. The minimum Gasteiger partial charge on any atom is -0.497 e. The molecule has 0 fully saturated rings. The van der Waals surface area contributed by atoms with Crippen molar-refractivity contribution in [2.45, 2.75) is 13.8 Å². The SMILES string of the molecule is CCOC(=O)c1sc(Nc2nc3c(OC)cc(OC)cc3s2)cc1C. The summed E-state index contributed by atoms with van der Waals surface area (Å²) in [6, 6.07) is 5.64. The van der Waals surface area contributed by atoms with Gasteiger partial charge in [-0.15, -0.1) is 11.3 Å². The van der Waals surface area contributed by atoms with E-state index >= 15 is 0 Å². The molecule has 3 rings (SSSR count). The maximum atomic E-state index is 11.9. The van der Waals surface area contributed by atoms with Gasteiger partial charge in [-0.05, 0) is 31.5 Å². The first-order valence-electron chi connectivity index (χ1n) is 7.62. The fourth-order valence-corrected chi connectivity index (χ4v) is 4.30. The highest BCUT2D eigenvalue weighted by Gasteiger charge is 2.16. The molecule has 0 spiro atoms. The molecule has 0 atom stereocenters. The quantitative estimate of drug-likeness (QED) is 0.632. The van der Waals surface area contributed by atoms with Gasteiger partial charge in [0.05, 0.1) is 30.5 Å². The van der Waals surface area contributed by atoms with Crippen LogP contribution in [-0.2, 0) is 4.74 Å². The van der Waals surface area contributed by atoms with E-state index < -0.39 is 0 Å². The number of rotatable bonds is 6. The van der Waals surface area contributed by atoms with Crippen LogP contribution < -0.4 is 14.8 Å². The molecule has 2 aromatic heterocycles. The Morgan fingerprint density at radius 1 is 1.20 bits per heavy atom. The summed E-state index contributed by atoms with van der Waals surface area (Å²) < 4.78 is 16.7. The fraction of sp³-hybridized carbons (Fsp3) is 0.294. The molecule has 0 aliphatic carbocycles. The molecule has 8 heteroatoms. The van der Waals surface area contributed by atoms with Crippen LogP contribution in [0.3, 0.4) is 0 Å². The minimum absolute atomic E-state index is 0.297. The molecule has 6 nitrogen and oxygen atoms in total. The smallest absolute Gasteiger partial charge is 0.348 e. The number of anilines is 2. The molecule has 0 unspecified atom stereocenters. The van der Waals surface area contributed by atoms with Gasteiger partial charge in [-0.2, -0.15) is 0 Å². The summed E-state index contributed by atoms with van der Waals surface area (Å²) in [7, 11) is 3.22. The van der Waals surface area contributed by atoms with E-state index in [9.17, 15) is 4.79 Å². The van der Waals surface area contributed by atoms with E-state index in [4.69, 9.17) is 14.2 Å². The average molecular weight is 378 g/mol. The van der Waals surface area contributed by atoms with E-state index in [1.807, 2.05) is 19.1 Å². The van der Waals surface area contributed by atoms with Crippen molar-refractivity contribution in [2.75, 3.05) is 26.1 Å². The second kappa shape index (κ2) is 7.28. The number of hydrogen-bond donors (Lipinski definition) is 1. The Morgan fingerprint density at radius 2 is 2.00 bits per heavy atom. The number of methoxy groups -OCH3 is 2. The number of thiophene rings is 1. The van der Waals surface area contributed by atoms with Crippen molar-refractivity contribution in [1.29, 1.82) is 0 Å². The Labute approximate surface area is 153 Å². The van der Waals surface area contributed by atoms with E-state index in [0.717, 1.165) is 31.7 Å². The molecule has 2 heterocycles. The van der Waals surface area contributed by atoms with Crippen molar-refractivity contribution in [2.24, 2.45) is 0 Å². The van der Waals surface area contributed by atoms with E-state index in [1.54, 1.807) is 27.2 Å². The van der Waals surface area contributed by atoms with Gasteiger partial charge in [0.1, 0.15) is 21.9 Å². The van der Waals surface area contributed by atoms with Gasteiger partial charge >= 0.3 is 5.97 Å². The first-order valence-corrected chi connectivity index (χ1v) is 9.26. The molecular formula is C17H18N2O4S2. The third-order valence-electron chi connectivity index (χ3n) is 3.50. The Morgan fingerprint density at radius 3 is 2.68 bits per heavy atom. The first-order chi connectivity index (χ1) is 12.0. The maximum Gasteiger partial charge on any atom is 0.348 e. The van der Waals surface area contributed by atoms with Crippen LogP contribution in [0.5, 0.6) is 11.5 Å². The topological polar surface area (TPSA) is 69.7 Å². The van der Waals surface area contributed by atoms with Crippen LogP contribution in [0.15, 0.2) is 18.2 Å². The van der Waals surface area contributed by atoms with Gasteiger partial charge < -0.3 is 19.5 Å². The van der Waals surface area contributed by atoms with Crippen LogP contribution in [0.2, 0.25) is 0 Å². The van der Waals surface area contributed by atoms with Crippen LogP contribution in [0, 0.1) is 6.92 Å². The number of aryl methyl sites for hydroxylation is 1. The summed E-state index contributed by atoms with van der Waals surface area (Å²) in [5.41, 5.74) is 1.65. The van der Waals surface area contributed by atoms with Crippen molar-refractivity contribution in [3.8, 4) is 11.5 Å². The zero-order valence-corrected chi connectivity index (χ0v) is 16.0. The summed E-state index contributed by atoms with van der Waals surface area (Å²) >= 11 is 2.85. The number of thiazole rings is 1. The van der Waals surface area contributed by atoms with Crippen LogP contribution in [-0.4, -0.2) is 31.8 Å². The van der Waals surface area contributed by atoms with Crippen LogP contribution in [0.1, 0.15) is 22.2 Å². The lowest BCUT2D eigenvalue weighted by Gasteiger charge is -2.03. The molecule has 0 aliphatic rings. The second-order valence-corrected chi connectivity index (χ2v) is 7.25. The van der Waals surface area contributed by atoms with Gasteiger partial charge in [0.15, 0.2) is 5.13 Å².